The van der Waals surface area contributed by atoms with Gasteiger partial charge in [0.25, 0.3) is 0 Å². The molecule has 4 heteroatoms. The zero-order valence-electron chi connectivity index (χ0n) is 15.1. The van der Waals surface area contributed by atoms with Crippen LogP contribution in [0, 0.1) is 5.92 Å². The van der Waals surface area contributed by atoms with Crippen LogP contribution in [0.1, 0.15) is 44.6 Å². The van der Waals surface area contributed by atoms with E-state index in [9.17, 15) is 9.59 Å². The average molecular weight is 340 g/mol. The predicted molar refractivity (Wildman–Crippen MR) is 99.8 cm³/mol. The van der Waals surface area contributed by atoms with Gasteiger partial charge in [0.2, 0.25) is 11.8 Å². The van der Waals surface area contributed by atoms with Crippen molar-refractivity contribution >= 4 is 17.4 Å². The van der Waals surface area contributed by atoms with Gasteiger partial charge in [0.1, 0.15) is 0 Å². The maximum atomic E-state index is 12.6. The molecule has 0 bridgehead atoms. The lowest BCUT2D eigenvalue weighted by Gasteiger charge is -2.35. The van der Waals surface area contributed by atoms with Gasteiger partial charge in [0.05, 0.1) is 0 Å². The number of benzene rings is 1. The molecule has 0 radical (unpaired) electrons. The predicted octanol–water partition coefficient (Wildman–Crippen LogP) is 3.34. The highest BCUT2D eigenvalue weighted by Gasteiger charge is 2.30. The van der Waals surface area contributed by atoms with Gasteiger partial charge in [0.15, 0.2) is 0 Å². The van der Waals surface area contributed by atoms with Crippen molar-refractivity contribution in [1.29, 1.82) is 0 Å². The number of likely N-dealkylation sites (tertiary alicyclic amines) is 2. The van der Waals surface area contributed by atoms with Gasteiger partial charge >= 0.3 is 0 Å². The maximum absolute atomic E-state index is 12.6. The topological polar surface area (TPSA) is 40.6 Å². The van der Waals surface area contributed by atoms with Gasteiger partial charge in [-0.25, -0.2) is 0 Å². The molecule has 4 nitrogen and oxygen atoms in total. The average Bonchev–Trinajstić information content (AvgIpc) is 2.69. The molecule has 0 aliphatic carbocycles. The van der Waals surface area contributed by atoms with Gasteiger partial charge in [-0.3, -0.25) is 9.59 Å². The molecule has 2 fully saturated rings. The Kier molecular flexibility index (Phi) is 5.90. The van der Waals surface area contributed by atoms with E-state index in [-0.39, 0.29) is 11.8 Å². The van der Waals surface area contributed by atoms with E-state index in [1.54, 1.807) is 6.08 Å². The molecule has 2 amide bonds. The third-order valence-electron chi connectivity index (χ3n) is 5.39. The van der Waals surface area contributed by atoms with E-state index in [2.05, 4.69) is 0 Å². The normalized spacial score (nSPS) is 19.8. The summed E-state index contributed by atoms with van der Waals surface area (Å²) in [6.45, 7) is 5.16. The molecule has 0 saturated carbocycles. The number of carbonyl (C=O) groups excluding carboxylic acids is 2. The fraction of sp³-hybridized carbons (Fsp3) is 0.524. The summed E-state index contributed by atoms with van der Waals surface area (Å²) in [5.41, 5.74) is 2.06. The van der Waals surface area contributed by atoms with Crippen LogP contribution < -0.4 is 0 Å². The second-order valence-corrected chi connectivity index (χ2v) is 7.18. The minimum atomic E-state index is 0.0604. The van der Waals surface area contributed by atoms with Gasteiger partial charge < -0.3 is 9.80 Å². The van der Waals surface area contributed by atoms with Gasteiger partial charge in [-0.15, -0.1) is 0 Å². The van der Waals surface area contributed by atoms with Crippen molar-refractivity contribution < 1.29 is 9.59 Å². The van der Waals surface area contributed by atoms with Crippen LogP contribution in [0.15, 0.2) is 36.4 Å². The minimum absolute atomic E-state index is 0.0604. The van der Waals surface area contributed by atoms with Crippen LogP contribution in [0.2, 0.25) is 0 Å². The minimum Gasteiger partial charge on any atom is -0.342 e. The molecule has 0 spiro atoms. The maximum Gasteiger partial charge on any atom is 0.246 e. The van der Waals surface area contributed by atoms with Crippen LogP contribution in [0.25, 0.3) is 5.57 Å². The molecule has 3 rings (SSSR count). The quantitative estimate of drug-likeness (QED) is 0.792. The summed E-state index contributed by atoms with van der Waals surface area (Å²) < 4.78 is 0. The number of carbonyl (C=O) groups is 2. The number of hydrogen-bond donors (Lipinski definition) is 0. The number of rotatable bonds is 3. The molecule has 1 aromatic rings. The van der Waals surface area contributed by atoms with Crippen LogP contribution in [-0.2, 0) is 9.59 Å². The van der Waals surface area contributed by atoms with Crippen LogP contribution in [-0.4, -0.2) is 47.8 Å². The van der Waals surface area contributed by atoms with Gasteiger partial charge in [-0.2, -0.15) is 0 Å². The Morgan fingerprint density at radius 1 is 0.920 bits per heavy atom. The zero-order chi connectivity index (χ0) is 17.6. The van der Waals surface area contributed by atoms with Crippen LogP contribution in [0.4, 0.5) is 0 Å². The summed E-state index contributed by atoms with van der Waals surface area (Å²) in [7, 11) is 0. The van der Waals surface area contributed by atoms with E-state index < -0.39 is 0 Å². The third kappa shape index (κ3) is 4.50. The first-order valence-electron chi connectivity index (χ1n) is 9.46. The summed E-state index contributed by atoms with van der Waals surface area (Å²) in [5, 5.41) is 0. The molecule has 2 saturated heterocycles. The van der Waals surface area contributed by atoms with Gasteiger partial charge in [-0.1, -0.05) is 30.3 Å². The Balaban J connectivity index is 1.53. The summed E-state index contributed by atoms with van der Waals surface area (Å²) in [5.74, 6) is 0.467. The highest BCUT2D eigenvalue weighted by atomic mass is 16.2. The highest BCUT2D eigenvalue weighted by molar-refractivity contribution is 5.95. The lowest BCUT2D eigenvalue weighted by molar-refractivity contribution is -0.140. The molecule has 0 N–H and O–H groups in total. The van der Waals surface area contributed by atoms with Crippen molar-refractivity contribution in [3.05, 3.63) is 42.0 Å². The van der Waals surface area contributed by atoms with E-state index in [0.29, 0.717) is 19.0 Å². The molecule has 0 atom stereocenters. The Hall–Kier alpha value is -2.10. The molecule has 25 heavy (non-hydrogen) atoms. The monoisotopic (exact) mass is 340 g/mol. The van der Waals surface area contributed by atoms with Crippen molar-refractivity contribution in [2.24, 2.45) is 5.92 Å². The van der Waals surface area contributed by atoms with Crippen LogP contribution >= 0.6 is 0 Å². The van der Waals surface area contributed by atoms with Crippen molar-refractivity contribution in [3.63, 3.8) is 0 Å². The van der Waals surface area contributed by atoms with Gasteiger partial charge in [-0.05, 0) is 50.2 Å². The number of hydrogen-bond acceptors (Lipinski definition) is 2. The zero-order valence-corrected chi connectivity index (χ0v) is 15.1. The van der Waals surface area contributed by atoms with E-state index in [1.165, 1.54) is 6.42 Å². The lowest BCUT2D eigenvalue weighted by Crippen LogP contribution is -2.45. The van der Waals surface area contributed by atoms with Crippen molar-refractivity contribution in [2.45, 2.75) is 39.0 Å². The first-order valence-corrected chi connectivity index (χ1v) is 9.46. The third-order valence-corrected chi connectivity index (χ3v) is 5.39. The number of nitrogens with zero attached hydrogens (tertiary/aromatic N) is 2. The number of amides is 2. The van der Waals surface area contributed by atoms with E-state index >= 15 is 0 Å². The lowest BCUT2D eigenvalue weighted by atomic mass is 9.94. The SMILES string of the molecule is CC(=CC(=O)N1CCC(C(=O)N2CCCCC2)CC1)c1ccccc1. The Morgan fingerprint density at radius 2 is 1.56 bits per heavy atom. The molecular formula is C21H28N2O2. The van der Waals surface area contributed by atoms with Crippen molar-refractivity contribution in [3.8, 4) is 0 Å². The standard InChI is InChI=1S/C21H28N2O2/c1-17(18-8-4-2-5-9-18)16-20(24)22-14-10-19(11-15-22)21(25)23-12-6-3-7-13-23/h2,4-5,8-9,16,19H,3,6-7,10-15H2,1H3. The molecule has 0 aromatic heterocycles. The second-order valence-electron chi connectivity index (χ2n) is 7.18. The highest BCUT2D eigenvalue weighted by Crippen LogP contribution is 2.23. The van der Waals surface area contributed by atoms with Crippen molar-refractivity contribution in [1.82, 2.24) is 9.80 Å². The summed E-state index contributed by atoms with van der Waals surface area (Å²) >= 11 is 0. The first-order chi connectivity index (χ1) is 12.1. The fourth-order valence-electron chi connectivity index (χ4n) is 3.78. The van der Waals surface area contributed by atoms with Crippen LogP contribution in [0.3, 0.4) is 0 Å². The molecule has 134 valence electrons. The smallest absolute Gasteiger partial charge is 0.246 e. The first kappa shape index (κ1) is 17.7. The van der Waals surface area contributed by atoms with Crippen LogP contribution in [0.5, 0.6) is 0 Å². The largest absolute Gasteiger partial charge is 0.342 e. The molecular weight excluding hydrogens is 312 g/mol. The second kappa shape index (κ2) is 8.32. The van der Waals surface area contributed by atoms with Gasteiger partial charge in [0, 0.05) is 38.2 Å². The fourth-order valence-corrected chi connectivity index (χ4v) is 3.78. The van der Waals surface area contributed by atoms with E-state index in [0.717, 1.165) is 49.9 Å². The molecule has 1 aromatic carbocycles. The molecule has 2 heterocycles. The van der Waals surface area contributed by atoms with E-state index in [1.807, 2.05) is 47.1 Å². The summed E-state index contributed by atoms with van der Waals surface area (Å²) in [6, 6.07) is 9.97. The number of piperidine rings is 2. The Bertz CT molecular complexity index is 625. The summed E-state index contributed by atoms with van der Waals surface area (Å²) in [4.78, 5) is 29.0. The molecule has 2 aliphatic heterocycles. The Labute approximate surface area is 150 Å². The van der Waals surface area contributed by atoms with E-state index in [4.69, 9.17) is 0 Å². The molecule has 2 aliphatic rings. The summed E-state index contributed by atoms with van der Waals surface area (Å²) in [6.07, 6.45) is 6.81. The Morgan fingerprint density at radius 3 is 2.20 bits per heavy atom. The molecule has 0 unspecified atom stereocenters. The number of allylic oxidation sites excluding steroid dienone is 1. The van der Waals surface area contributed by atoms with Crippen molar-refractivity contribution in [2.75, 3.05) is 26.2 Å².